The van der Waals surface area contributed by atoms with Crippen LogP contribution in [0, 0.1) is 11.3 Å². The molecule has 0 bridgehead atoms. The van der Waals surface area contributed by atoms with Gasteiger partial charge in [-0.1, -0.05) is 23.9 Å². The number of thiophene rings is 1. The van der Waals surface area contributed by atoms with E-state index in [4.69, 9.17) is 11.0 Å². The lowest BCUT2D eigenvalue weighted by molar-refractivity contribution is 0.717. The molecule has 0 aliphatic carbocycles. The Kier molecular flexibility index (Phi) is 3.77. The van der Waals surface area contributed by atoms with Gasteiger partial charge in [0, 0.05) is 10.6 Å². The number of nitriles is 1. The van der Waals surface area contributed by atoms with E-state index in [0.29, 0.717) is 10.7 Å². The Balaban J connectivity index is 1.90. The lowest BCUT2D eigenvalue weighted by Crippen LogP contribution is -2.15. The molecule has 20 heavy (non-hydrogen) atoms. The molecule has 1 aromatic carbocycles. The molecule has 2 aromatic rings. The van der Waals surface area contributed by atoms with E-state index in [1.54, 1.807) is 23.1 Å². The van der Waals surface area contributed by atoms with Crippen LogP contribution < -0.4 is 5.73 Å². The van der Waals surface area contributed by atoms with E-state index in [2.05, 4.69) is 22.5 Å². The number of hydrogen-bond acceptors (Lipinski definition) is 5. The molecule has 1 aliphatic heterocycles. The Morgan fingerprint density at radius 3 is 3.00 bits per heavy atom. The third-order valence-corrected chi connectivity index (χ3v) is 5.07. The molecule has 5 heteroatoms. The van der Waals surface area contributed by atoms with Gasteiger partial charge in [0.25, 0.3) is 0 Å². The maximum Gasteiger partial charge on any atom is 0.154 e. The van der Waals surface area contributed by atoms with E-state index >= 15 is 0 Å². The summed E-state index contributed by atoms with van der Waals surface area (Å²) in [5, 5.41) is 11.8. The normalized spacial score (nSPS) is 18.4. The van der Waals surface area contributed by atoms with Gasteiger partial charge in [0.15, 0.2) is 5.17 Å². The molecule has 2 N–H and O–H groups in total. The summed E-state index contributed by atoms with van der Waals surface area (Å²) in [6, 6.07) is 12.2. The zero-order valence-electron chi connectivity index (χ0n) is 10.7. The average molecular weight is 299 g/mol. The molecule has 0 radical (unpaired) electrons. The van der Waals surface area contributed by atoms with E-state index in [1.165, 1.54) is 4.88 Å². The molecular weight excluding hydrogens is 286 g/mol. The minimum Gasteiger partial charge on any atom is -0.379 e. The van der Waals surface area contributed by atoms with Gasteiger partial charge in [0.1, 0.15) is 0 Å². The quantitative estimate of drug-likeness (QED) is 0.918. The minimum absolute atomic E-state index is 0.189. The van der Waals surface area contributed by atoms with Gasteiger partial charge < -0.3 is 5.73 Å². The summed E-state index contributed by atoms with van der Waals surface area (Å²) in [5.74, 6) is 1.02. The first kappa shape index (κ1) is 13.2. The third-order valence-electron chi connectivity index (χ3n) is 3.20. The molecule has 0 spiro atoms. The molecule has 100 valence electrons. The summed E-state index contributed by atoms with van der Waals surface area (Å²) in [6.07, 6.45) is 1.03. The van der Waals surface area contributed by atoms with E-state index in [9.17, 15) is 0 Å². The van der Waals surface area contributed by atoms with Crippen molar-refractivity contribution in [3.63, 3.8) is 0 Å². The molecule has 1 atom stereocenters. The van der Waals surface area contributed by atoms with E-state index in [-0.39, 0.29) is 6.04 Å². The van der Waals surface area contributed by atoms with Crippen LogP contribution in [0.1, 0.15) is 22.9 Å². The van der Waals surface area contributed by atoms with Crippen molar-refractivity contribution in [2.24, 2.45) is 10.7 Å². The minimum atomic E-state index is 0.189. The Labute approximate surface area is 126 Å². The van der Waals surface area contributed by atoms with Gasteiger partial charge in [0.2, 0.25) is 0 Å². The third kappa shape index (κ3) is 2.72. The monoisotopic (exact) mass is 299 g/mol. The van der Waals surface area contributed by atoms with Crippen molar-refractivity contribution in [3.05, 3.63) is 46.2 Å². The fourth-order valence-corrected chi connectivity index (χ4v) is 3.93. The topological polar surface area (TPSA) is 62.2 Å². The van der Waals surface area contributed by atoms with Crippen LogP contribution in [-0.2, 0) is 0 Å². The van der Waals surface area contributed by atoms with Gasteiger partial charge in [-0.05, 0) is 41.1 Å². The second-order valence-electron chi connectivity index (χ2n) is 4.55. The highest BCUT2D eigenvalue weighted by atomic mass is 32.2. The summed E-state index contributed by atoms with van der Waals surface area (Å²) in [5.41, 5.74) is 8.71. The molecule has 2 heterocycles. The number of hydrogen-bond donors (Lipinski definition) is 1. The lowest BCUT2D eigenvalue weighted by atomic mass is 10.0. The zero-order valence-corrected chi connectivity index (χ0v) is 12.4. The van der Waals surface area contributed by atoms with E-state index < -0.39 is 0 Å². The predicted molar refractivity (Wildman–Crippen MR) is 85.9 cm³/mol. The maximum atomic E-state index is 8.97. The molecule has 3 rings (SSSR count). The molecule has 1 aromatic heterocycles. The summed E-state index contributed by atoms with van der Waals surface area (Å²) in [6.45, 7) is 0. The number of rotatable bonds is 2. The van der Waals surface area contributed by atoms with Crippen LogP contribution in [-0.4, -0.2) is 10.9 Å². The average Bonchev–Trinajstić information content (AvgIpc) is 2.97. The number of benzene rings is 1. The van der Waals surface area contributed by atoms with Gasteiger partial charge in [-0.3, -0.25) is 4.99 Å². The number of nitrogens with two attached hydrogens (primary N) is 1. The maximum absolute atomic E-state index is 8.97. The van der Waals surface area contributed by atoms with E-state index in [1.807, 2.05) is 24.3 Å². The van der Waals surface area contributed by atoms with Crippen LogP contribution in [0.5, 0.6) is 0 Å². The summed E-state index contributed by atoms with van der Waals surface area (Å²) < 4.78 is 0. The van der Waals surface area contributed by atoms with Crippen molar-refractivity contribution in [3.8, 4) is 17.2 Å². The summed E-state index contributed by atoms with van der Waals surface area (Å²) >= 11 is 3.33. The molecule has 0 fully saturated rings. The summed E-state index contributed by atoms with van der Waals surface area (Å²) in [4.78, 5) is 5.75. The molecule has 3 nitrogen and oxygen atoms in total. The van der Waals surface area contributed by atoms with Gasteiger partial charge >= 0.3 is 0 Å². The second-order valence-corrected chi connectivity index (χ2v) is 6.61. The Bertz CT molecular complexity index is 697. The SMILES string of the molecule is N#Cc1cccc(-c2csc(C3CCSC(N)=N3)c2)c1. The smallest absolute Gasteiger partial charge is 0.154 e. The Hall–Kier alpha value is -1.77. The lowest BCUT2D eigenvalue weighted by Gasteiger charge is -2.16. The Morgan fingerprint density at radius 1 is 1.30 bits per heavy atom. The first-order chi connectivity index (χ1) is 9.76. The van der Waals surface area contributed by atoms with Crippen LogP contribution in [0.2, 0.25) is 0 Å². The molecular formula is C15H13N3S2. The van der Waals surface area contributed by atoms with Crippen molar-refractivity contribution in [2.45, 2.75) is 12.5 Å². The van der Waals surface area contributed by atoms with Gasteiger partial charge in [-0.2, -0.15) is 5.26 Å². The highest BCUT2D eigenvalue weighted by Gasteiger charge is 2.18. The van der Waals surface area contributed by atoms with Gasteiger partial charge in [-0.25, -0.2) is 0 Å². The van der Waals surface area contributed by atoms with Gasteiger partial charge in [-0.15, -0.1) is 11.3 Å². The number of aliphatic imine (C=N–C) groups is 1. The number of nitrogens with zero attached hydrogens (tertiary/aromatic N) is 2. The summed E-state index contributed by atoms with van der Waals surface area (Å²) in [7, 11) is 0. The van der Waals surface area contributed by atoms with Crippen molar-refractivity contribution >= 4 is 28.3 Å². The number of thioether (sulfide) groups is 1. The fraction of sp³-hybridized carbons (Fsp3) is 0.200. The fourth-order valence-electron chi connectivity index (χ4n) is 2.18. The van der Waals surface area contributed by atoms with E-state index in [0.717, 1.165) is 23.3 Å². The van der Waals surface area contributed by atoms with Crippen molar-refractivity contribution in [1.29, 1.82) is 5.26 Å². The second kappa shape index (κ2) is 5.70. The van der Waals surface area contributed by atoms with Crippen LogP contribution >= 0.6 is 23.1 Å². The molecule has 0 saturated heterocycles. The zero-order chi connectivity index (χ0) is 13.9. The molecule has 1 aliphatic rings. The van der Waals surface area contributed by atoms with Crippen molar-refractivity contribution in [1.82, 2.24) is 0 Å². The molecule has 1 unspecified atom stereocenters. The number of amidine groups is 1. The Morgan fingerprint density at radius 2 is 2.20 bits per heavy atom. The van der Waals surface area contributed by atoms with Crippen LogP contribution in [0.15, 0.2) is 40.7 Å². The van der Waals surface area contributed by atoms with Crippen LogP contribution in [0.3, 0.4) is 0 Å². The first-order valence-corrected chi connectivity index (χ1v) is 8.18. The highest BCUT2D eigenvalue weighted by Crippen LogP contribution is 2.35. The van der Waals surface area contributed by atoms with Gasteiger partial charge in [0.05, 0.1) is 17.7 Å². The molecule has 0 saturated carbocycles. The first-order valence-electron chi connectivity index (χ1n) is 6.31. The van der Waals surface area contributed by atoms with Crippen LogP contribution in [0.25, 0.3) is 11.1 Å². The molecule has 0 amide bonds. The van der Waals surface area contributed by atoms with Crippen molar-refractivity contribution in [2.75, 3.05) is 5.75 Å². The standard InChI is InChI=1S/C15H13N3S2/c16-8-10-2-1-3-11(6-10)12-7-14(20-9-12)13-4-5-19-15(17)18-13/h1-3,6-7,9,13H,4-5H2,(H2,17,18). The largest absolute Gasteiger partial charge is 0.379 e. The van der Waals surface area contributed by atoms with Crippen molar-refractivity contribution < 1.29 is 0 Å². The highest BCUT2D eigenvalue weighted by molar-refractivity contribution is 8.13. The van der Waals surface area contributed by atoms with Crippen LogP contribution in [0.4, 0.5) is 0 Å². The predicted octanol–water partition coefficient (Wildman–Crippen LogP) is 3.78.